The van der Waals surface area contributed by atoms with Crippen LogP contribution in [0.4, 0.5) is 0 Å². The zero-order valence-electron chi connectivity index (χ0n) is 13.2. The summed E-state index contributed by atoms with van der Waals surface area (Å²) < 4.78 is 9.43. The van der Waals surface area contributed by atoms with Crippen molar-refractivity contribution in [1.82, 2.24) is 9.36 Å². The second-order valence-electron chi connectivity index (χ2n) is 5.41. The first-order valence-electron chi connectivity index (χ1n) is 7.00. The van der Waals surface area contributed by atoms with Gasteiger partial charge < -0.3 is 0 Å². The van der Waals surface area contributed by atoms with Gasteiger partial charge in [-0.3, -0.25) is 0 Å². The number of rotatable bonds is 8. The molecule has 0 bridgehead atoms. The molecule has 0 atom stereocenters. The second kappa shape index (κ2) is 7.97. The van der Waals surface area contributed by atoms with Crippen molar-refractivity contribution >= 4 is 19.2 Å². The Morgan fingerprint density at radius 1 is 0.765 bits per heavy atom. The normalized spacial score (nSPS) is 13.4. The van der Waals surface area contributed by atoms with Crippen LogP contribution in [-0.2, 0) is 0 Å². The van der Waals surface area contributed by atoms with Gasteiger partial charge in [-0.25, -0.2) is 0 Å². The topological polar surface area (TPSA) is 9.72 Å². The van der Waals surface area contributed by atoms with Crippen LogP contribution >= 0.6 is 0 Å². The van der Waals surface area contributed by atoms with Crippen LogP contribution in [-0.4, -0.2) is 69.3 Å². The van der Waals surface area contributed by atoms with Crippen LogP contribution in [0, 0.1) is 5.92 Å². The van der Waals surface area contributed by atoms with Gasteiger partial charge in [0.05, 0.1) is 0 Å². The van der Waals surface area contributed by atoms with Gasteiger partial charge in [0, 0.05) is 0 Å². The van der Waals surface area contributed by atoms with E-state index < -0.39 is 19.2 Å². The summed E-state index contributed by atoms with van der Waals surface area (Å²) in [6.07, 6.45) is 0. The Morgan fingerprint density at radius 2 is 1.06 bits per heavy atom. The summed E-state index contributed by atoms with van der Waals surface area (Å²) >= 11 is -2.55. The van der Waals surface area contributed by atoms with Gasteiger partial charge in [0.25, 0.3) is 0 Å². The van der Waals surface area contributed by atoms with Crippen molar-refractivity contribution in [2.75, 3.05) is 40.8 Å². The predicted octanol–water partition coefficient (Wildman–Crippen LogP) is 2.44. The van der Waals surface area contributed by atoms with Crippen LogP contribution in [0.3, 0.4) is 0 Å². The minimum atomic E-state index is -2.55. The summed E-state index contributed by atoms with van der Waals surface area (Å²) in [5.74, 6) is 0.780. The van der Waals surface area contributed by atoms with E-state index in [2.05, 4.69) is 65.1 Å². The van der Waals surface area contributed by atoms with E-state index in [1.165, 1.54) is 4.44 Å². The van der Waals surface area contributed by atoms with Gasteiger partial charge >= 0.3 is 114 Å². The maximum atomic E-state index is 2.68. The Labute approximate surface area is 114 Å². The van der Waals surface area contributed by atoms with Crippen molar-refractivity contribution in [2.45, 2.75) is 39.1 Å². The molecule has 104 valence electrons. The van der Waals surface area contributed by atoms with Crippen LogP contribution in [0.25, 0.3) is 0 Å². The summed E-state index contributed by atoms with van der Waals surface area (Å²) in [7, 11) is 6.99. The first-order chi connectivity index (χ1) is 7.86. The molecule has 0 rings (SSSR count). The summed E-state index contributed by atoms with van der Waals surface area (Å²) in [6.45, 7) is 15.1. The van der Waals surface area contributed by atoms with E-state index in [0.717, 1.165) is 25.6 Å². The van der Waals surface area contributed by atoms with Crippen LogP contribution in [0.5, 0.6) is 0 Å². The first-order valence-corrected chi connectivity index (χ1v) is 12.8. The molecule has 0 spiro atoms. The molecule has 0 saturated carbocycles. The van der Waals surface area contributed by atoms with E-state index in [0.29, 0.717) is 0 Å². The summed E-state index contributed by atoms with van der Waals surface area (Å²) in [5.41, 5.74) is 0. The van der Waals surface area contributed by atoms with E-state index in [-0.39, 0.29) is 0 Å². The van der Waals surface area contributed by atoms with E-state index in [4.69, 9.17) is 0 Å². The molecule has 0 aromatic heterocycles. The Morgan fingerprint density at radius 3 is 1.24 bits per heavy atom. The van der Waals surface area contributed by atoms with Gasteiger partial charge in [0.1, 0.15) is 0 Å². The van der Waals surface area contributed by atoms with Crippen molar-refractivity contribution < 1.29 is 0 Å². The molecule has 0 aliphatic carbocycles. The van der Waals surface area contributed by atoms with E-state index in [1.807, 2.05) is 0 Å². The van der Waals surface area contributed by atoms with Crippen LogP contribution < -0.4 is 0 Å². The zero-order valence-corrected chi connectivity index (χ0v) is 16.1. The van der Waals surface area contributed by atoms with Crippen LogP contribution in [0.15, 0.2) is 0 Å². The van der Waals surface area contributed by atoms with Gasteiger partial charge in [-0.15, -0.1) is 0 Å². The molecule has 0 amide bonds. The van der Waals surface area contributed by atoms with E-state index in [1.54, 1.807) is 0 Å². The molecular formula is C13H33N3Sn. The Balaban J connectivity index is 5.34. The quantitative estimate of drug-likeness (QED) is 0.623. The Kier molecular flexibility index (Phi) is 8.29. The molecule has 0 radical (unpaired) electrons. The molecular weight excluding hydrogens is 317 g/mol. The molecule has 0 aliphatic heterocycles. The van der Waals surface area contributed by atoms with Crippen molar-refractivity contribution in [3.8, 4) is 0 Å². The SMILES string of the molecule is CC[N](C)[Sn]([CH2]C(C)C)([N](C)CC)[N](C)CC. The average molecular weight is 350 g/mol. The monoisotopic (exact) mass is 351 g/mol. The maximum absolute atomic E-state index is 2.68. The zero-order chi connectivity index (χ0) is 13.6. The fraction of sp³-hybridized carbons (Fsp3) is 1.00. The van der Waals surface area contributed by atoms with Crippen molar-refractivity contribution in [2.24, 2.45) is 5.92 Å². The Bertz CT molecular complexity index is 182. The first kappa shape index (κ1) is 17.7. The van der Waals surface area contributed by atoms with Gasteiger partial charge in [-0.05, 0) is 0 Å². The van der Waals surface area contributed by atoms with Gasteiger partial charge in [-0.2, -0.15) is 0 Å². The second-order valence-corrected chi connectivity index (χ2v) is 17.5. The fourth-order valence-corrected chi connectivity index (χ4v) is 17.8. The molecule has 0 heterocycles. The molecule has 0 aromatic rings. The molecule has 0 aliphatic rings. The van der Waals surface area contributed by atoms with Crippen molar-refractivity contribution in [3.63, 3.8) is 0 Å². The molecule has 4 heteroatoms. The molecule has 0 aromatic carbocycles. The van der Waals surface area contributed by atoms with Gasteiger partial charge in [0.15, 0.2) is 0 Å². The third kappa shape index (κ3) is 4.08. The number of hydrogen-bond acceptors (Lipinski definition) is 3. The predicted molar refractivity (Wildman–Crippen MR) is 80.3 cm³/mol. The summed E-state index contributed by atoms with van der Waals surface area (Å²) in [5, 5.41) is 0. The molecule has 17 heavy (non-hydrogen) atoms. The molecule has 0 saturated heterocycles. The minimum absolute atomic E-state index is 0.780. The van der Waals surface area contributed by atoms with Gasteiger partial charge in [0.2, 0.25) is 0 Å². The van der Waals surface area contributed by atoms with E-state index >= 15 is 0 Å². The molecule has 0 unspecified atom stereocenters. The van der Waals surface area contributed by atoms with Crippen molar-refractivity contribution in [1.29, 1.82) is 0 Å². The summed E-state index contributed by atoms with van der Waals surface area (Å²) in [4.78, 5) is 0. The van der Waals surface area contributed by atoms with Gasteiger partial charge in [-0.1, -0.05) is 0 Å². The van der Waals surface area contributed by atoms with Crippen LogP contribution in [0.2, 0.25) is 4.44 Å². The Hall–Kier alpha value is 0.679. The van der Waals surface area contributed by atoms with Crippen molar-refractivity contribution in [3.05, 3.63) is 0 Å². The summed E-state index contributed by atoms with van der Waals surface area (Å²) in [6, 6.07) is 0. The van der Waals surface area contributed by atoms with E-state index in [9.17, 15) is 0 Å². The third-order valence-corrected chi connectivity index (χ3v) is 21.0. The molecule has 0 N–H and O–H groups in total. The molecule has 0 fully saturated rings. The average Bonchev–Trinajstić information content (AvgIpc) is 2.32. The number of hydrogen-bond donors (Lipinski definition) is 0. The number of nitrogens with zero attached hydrogens (tertiary/aromatic N) is 3. The molecule has 3 nitrogen and oxygen atoms in total. The van der Waals surface area contributed by atoms with Crippen LogP contribution in [0.1, 0.15) is 34.6 Å². The fourth-order valence-electron chi connectivity index (χ4n) is 2.65. The standard InChI is InChI=1S/C4H9.3C3H8N.Sn/c1-4(2)3;3*1-3-4-2;/h4H,1H2,2-3H3;3*3H2,1-2H3;/q;3*-1;+3. The third-order valence-electron chi connectivity index (χ3n) is 3.94.